The number of pyridine rings is 1. The van der Waals surface area contributed by atoms with Gasteiger partial charge in [-0.15, -0.1) is 0 Å². The van der Waals surface area contributed by atoms with Crippen LogP contribution in [0.5, 0.6) is 0 Å². The van der Waals surface area contributed by atoms with Crippen LogP contribution in [0, 0.1) is 0 Å². The number of alkyl halides is 3. The molecule has 2 amide bonds. The maximum Gasteiger partial charge on any atom is 0.319 e. The van der Waals surface area contributed by atoms with E-state index in [9.17, 15) is 4.79 Å². The fourth-order valence-corrected chi connectivity index (χ4v) is 2.28. The molecular formula is C14H12Cl3N3O. The molecule has 2 N–H and O–H groups in total. The molecule has 0 aliphatic carbocycles. The van der Waals surface area contributed by atoms with Crippen molar-refractivity contribution in [2.24, 2.45) is 0 Å². The van der Waals surface area contributed by atoms with E-state index in [4.69, 9.17) is 34.8 Å². The van der Waals surface area contributed by atoms with Crippen LogP contribution in [0.3, 0.4) is 0 Å². The molecule has 2 aromatic rings. The normalized spacial score (nSPS) is 12.5. The molecule has 0 saturated carbocycles. The summed E-state index contributed by atoms with van der Waals surface area (Å²) >= 11 is 17.9. The molecule has 0 aliphatic heterocycles. The molecule has 7 heteroatoms. The molecule has 0 fully saturated rings. The zero-order valence-corrected chi connectivity index (χ0v) is 13.0. The van der Waals surface area contributed by atoms with Crippen LogP contribution in [-0.4, -0.2) is 14.8 Å². The van der Waals surface area contributed by atoms with Crippen LogP contribution in [-0.2, 0) is 0 Å². The van der Waals surface area contributed by atoms with Crippen LogP contribution >= 0.6 is 34.8 Å². The number of amides is 2. The molecule has 0 saturated heterocycles. The van der Waals surface area contributed by atoms with Crippen molar-refractivity contribution < 1.29 is 4.79 Å². The molecule has 21 heavy (non-hydrogen) atoms. The van der Waals surface area contributed by atoms with Crippen molar-refractivity contribution in [3.63, 3.8) is 0 Å². The second kappa shape index (κ2) is 6.98. The number of benzene rings is 1. The Morgan fingerprint density at radius 3 is 2.38 bits per heavy atom. The highest BCUT2D eigenvalue weighted by Gasteiger charge is 2.35. The number of hydrogen-bond donors (Lipinski definition) is 2. The summed E-state index contributed by atoms with van der Waals surface area (Å²) in [5.41, 5.74) is 1.24. The Kier molecular flexibility index (Phi) is 5.28. The summed E-state index contributed by atoms with van der Waals surface area (Å²) in [4.78, 5) is 15.9. The van der Waals surface area contributed by atoms with E-state index >= 15 is 0 Å². The van der Waals surface area contributed by atoms with E-state index in [-0.39, 0.29) is 0 Å². The Morgan fingerprint density at radius 1 is 1.10 bits per heavy atom. The van der Waals surface area contributed by atoms with E-state index in [1.807, 2.05) is 6.07 Å². The predicted molar refractivity (Wildman–Crippen MR) is 85.9 cm³/mol. The molecule has 1 unspecified atom stereocenters. The van der Waals surface area contributed by atoms with Gasteiger partial charge in [0.25, 0.3) is 0 Å². The lowest BCUT2D eigenvalue weighted by Gasteiger charge is -2.26. The van der Waals surface area contributed by atoms with Gasteiger partial charge in [0.2, 0.25) is 3.79 Å². The number of aromatic nitrogens is 1. The highest BCUT2D eigenvalue weighted by Crippen LogP contribution is 2.39. The SMILES string of the molecule is O=C(Nc1cccnc1)NC(c1ccccc1)C(Cl)(Cl)Cl. The number of hydrogen-bond acceptors (Lipinski definition) is 2. The molecule has 1 aromatic carbocycles. The third kappa shape index (κ3) is 4.77. The number of rotatable bonds is 3. The predicted octanol–water partition coefficient (Wildman–Crippen LogP) is 4.31. The molecule has 110 valence electrons. The Bertz CT molecular complexity index is 587. The molecule has 0 radical (unpaired) electrons. The van der Waals surface area contributed by atoms with E-state index in [0.29, 0.717) is 11.3 Å². The molecule has 1 aromatic heterocycles. The van der Waals surface area contributed by atoms with Crippen molar-refractivity contribution in [3.05, 3.63) is 60.4 Å². The van der Waals surface area contributed by atoms with Crippen LogP contribution in [0.4, 0.5) is 10.5 Å². The first-order chi connectivity index (χ1) is 9.97. The van der Waals surface area contributed by atoms with Gasteiger partial charge in [-0.25, -0.2) is 4.79 Å². The van der Waals surface area contributed by atoms with Gasteiger partial charge >= 0.3 is 6.03 Å². The maximum absolute atomic E-state index is 12.0. The minimum Gasteiger partial charge on any atom is -0.327 e. The maximum atomic E-state index is 12.0. The summed E-state index contributed by atoms with van der Waals surface area (Å²) in [6, 6.07) is 11.2. The number of carbonyl (C=O) groups is 1. The topological polar surface area (TPSA) is 54.0 Å². The lowest BCUT2D eigenvalue weighted by molar-refractivity contribution is 0.248. The number of urea groups is 1. The number of anilines is 1. The van der Waals surface area contributed by atoms with Crippen LogP contribution < -0.4 is 10.6 Å². The molecule has 2 rings (SSSR count). The third-order valence-corrected chi connectivity index (χ3v) is 3.31. The second-order valence-corrected chi connectivity index (χ2v) is 6.59. The van der Waals surface area contributed by atoms with Gasteiger partial charge in [0.05, 0.1) is 11.9 Å². The molecule has 0 spiro atoms. The van der Waals surface area contributed by atoms with E-state index in [1.165, 1.54) is 6.20 Å². The van der Waals surface area contributed by atoms with Crippen LogP contribution in [0.15, 0.2) is 54.9 Å². The first-order valence-corrected chi connectivity index (χ1v) is 7.19. The molecule has 4 nitrogen and oxygen atoms in total. The zero-order valence-electron chi connectivity index (χ0n) is 10.8. The minimum atomic E-state index is -1.67. The quantitative estimate of drug-likeness (QED) is 0.815. The summed E-state index contributed by atoms with van der Waals surface area (Å²) in [7, 11) is 0. The summed E-state index contributed by atoms with van der Waals surface area (Å²) in [6.45, 7) is 0. The number of nitrogens with zero attached hydrogens (tertiary/aromatic N) is 1. The molecule has 1 heterocycles. The fraction of sp³-hybridized carbons (Fsp3) is 0.143. The van der Waals surface area contributed by atoms with Gasteiger partial charge in [-0.3, -0.25) is 4.98 Å². The van der Waals surface area contributed by atoms with Gasteiger partial charge < -0.3 is 10.6 Å². The summed E-state index contributed by atoms with van der Waals surface area (Å²) in [5, 5.41) is 5.27. The van der Waals surface area contributed by atoms with Crippen molar-refractivity contribution in [2.45, 2.75) is 9.83 Å². The average Bonchev–Trinajstić information content (AvgIpc) is 2.45. The average molecular weight is 345 g/mol. The summed E-state index contributed by atoms with van der Waals surface area (Å²) < 4.78 is -1.67. The van der Waals surface area contributed by atoms with Gasteiger partial charge in [0, 0.05) is 6.20 Å². The summed E-state index contributed by atoms with van der Waals surface area (Å²) in [5.74, 6) is 0. The van der Waals surface area contributed by atoms with Crippen molar-refractivity contribution in [2.75, 3.05) is 5.32 Å². The lowest BCUT2D eigenvalue weighted by Crippen LogP contribution is -2.39. The Balaban J connectivity index is 2.11. The van der Waals surface area contributed by atoms with Crippen LogP contribution in [0.2, 0.25) is 0 Å². The lowest BCUT2D eigenvalue weighted by atomic mass is 10.1. The van der Waals surface area contributed by atoms with E-state index < -0.39 is 15.9 Å². The smallest absolute Gasteiger partial charge is 0.319 e. The standard InChI is InChI=1S/C14H12Cl3N3O/c15-14(16,17)12(10-5-2-1-3-6-10)20-13(21)19-11-7-4-8-18-9-11/h1-9,12H,(H2,19,20,21). The van der Waals surface area contributed by atoms with Gasteiger partial charge in [0.1, 0.15) is 6.04 Å². The number of carbonyl (C=O) groups excluding carboxylic acids is 1. The molecule has 1 atom stereocenters. The molecule has 0 aliphatic rings. The summed E-state index contributed by atoms with van der Waals surface area (Å²) in [6.07, 6.45) is 3.13. The van der Waals surface area contributed by atoms with Gasteiger partial charge in [-0.2, -0.15) is 0 Å². The number of halogens is 3. The largest absolute Gasteiger partial charge is 0.327 e. The Hall–Kier alpha value is -1.49. The van der Waals surface area contributed by atoms with Crippen molar-refractivity contribution >= 4 is 46.5 Å². The third-order valence-electron chi connectivity index (χ3n) is 2.66. The minimum absolute atomic E-state index is 0.483. The van der Waals surface area contributed by atoms with E-state index in [1.54, 1.807) is 42.6 Å². The van der Waals surface area contributed by atoms with Crippen molar-refractivity contribution in [1.82, 2.24) is 10.3 Å². The highest BCUT2D eigenvalue weighted by molar-refractivity contribution is 6.68. The van der Waals surface area contributed by atoms with Crippen LogP contribution in [0.25, 0.3) is 0 Å². The van der Waals surface area contributed by atoms with Gasteiger partial charge in [0.15, 0.2) is 0 Å². The monoisotopic (exact) mass is 343 g/mol. The second-order valence-electron chi connectivity index (χ2n) is 4.23. The van der Waals surface area contributed by atoms with E-state index in [0.717, 1.165) is 0 Å². The van der Waals surface area contributed by atoms with Crippen LogP contribution in [0.1, 0.15) is 11.6 Å². The van der Waals surface area contributed by atoms with Crippen molar-refractivity contribution in [3.8, 4) is 0 Å². The fourth-order valence-electron chi connectivity index (χ4n) is 1.73. The van der Waals surface area contributed by atoms with Gasteiger partial charge in [-0.05, 0) is 17.7 Å². The zero-order chi connectivity index (χ0) is 15.3. The Morgan fingerprint density at radius 2 is 1.81 bits per heavy atom. The molecule has 0 bridgehead atoms. The molecular weight excluding hydrogens is 333 g/mol. The first-order valence-electron chi connectivity index (χ1n) is 6.06. The van der Waals surface area contributed by atoms with Crippen molar-refractivity contribution in [1.29, 1.82) is 0 Å². The Labute approximate surface area is 137 Å². The van der Waals surface area contributed by atoms with Gasteiger partial charge in [-0.1, -0.05) is 65.1 Å². The number of nitrogens with one attached hydrogen (secondary N) is 2. The first kappa shape index (κ1) is 15.9. The van der Waals surface area contributed by atoms with E-state index in [2.05, 4.69) is 15.6 Å². The highest BCUT2D eigenvalue weighted by atomic mass is 35.6.